The zero-order chi connectivity index (χ0) is 24.4. The van der Waals surface area contributed by atoms with Crippen LogP contribution in [0.25, 0.3) is 26.4 Å². The molecule has 5 aromatic rings. The number of hydrogen-bond donors (Lipinski definition) is 1. The van der Waals surface area contributed by atoms with E-state index in [2.05, 4.69) is 47.1 Å². The van der Waals surface area contributed by atoms with Gasteiger partial charge in [0.1, 0.15) is 0 Å². The summed E-state index contributed by atoms with van der Waals surface area (Å²) < 4.78 is 13.8. The van der Waals surface area contributed by atoms with Crippen LogP contribution in [0.5, 0.6) is 11.5 Å². The molecule has 6 nitrogen and oxygen atoms in total. The molecule has 5 rings (SSSR count). The topological polar surface area (TPSA) is 64.9 Å². The second-order valence-electron chi connectivity index (χ2n) is 8.31. The predicted molar refractivity (Wildman–Crippen MR) is 141 cm³/mol. The van der Waals surface area contributed by atoms with Gasteiger partial charge >= 0.3 is 0 Å². The van der Waals surface area contributed by atoms with Gasteiger partial charge in [0, 0.05) is 23.9 Å². The van der Waals surface area contributed by atoms with Gasteiger partial charge in [0.2, 0.25) is 0 Å². The molecule has 3 aromatic carbocycles. The van der Waals surface area contributed by atoms with Crippen molar-refractivity contribution < 1.29 is 14.3 Å². The molecular formula is C28H27N3O3S. The lowest BCUT2D eigenvalue weighted by Crippen LogP contribution is -2.25. The highest BCUT2D eigenvalue weighted by molar-refractivity contribution is 7.23. The minimum atomic E-state index is -0.0879. The van der Waals surface area contributed by atoms with Crippen LogP contribution in [0.1, 0.15) is 28.4 Å². The fourth-order valence-electron chi connectivity index (χ4n) is 4.15. The number of aromatic nitrogens is 2. The van der Waals surface area contributed by atoms with Gasteiger partial charge in [-0.05, 0) is 54.3 Å². The minimum absolute atomic E-state index is 0.0879. The smallest absolute Gasteiger partial charge is 0.251 e. The molecule has 1 N–H and O–H groups in total. The normalized spacial score (nSPS) is 11.2. The number of nitrogens with zero attached hydrogens (tertiary/aromatic N) is 2. The van der Waals surface area contributed by atoms with Gasteiger partial charge in [-0.15, -0.1) is 0 Å². The third-order valence-electron chi connectivity index (χ3n) is 6.16. The summed E-state index contributed by atoms with van der Waals surface area (Å²) in [5.41, 5.74) is 6.14. The fourth-order valence-corrected chi connectivity index (χ4v) is 5.20. The summed E-state index contributed by atoms with van der Waals surface area (Å²) >= 11 is 1.59. The first kappa shape index (κ1) is 22.9. The monoisotopic (exact) mass is 485 g/mol. The van der Waals surface area contributed by atoms with Crippen LogP contribution >= 0.6 is 11.3 Å². The van der Waals surface area contributed by atoms with Crippen molar-refractivity contribution in [3.63, 3.8) is 0 Å². The second-order valence-corrected chi connectivity index (χ2v) is 9.32. The summed E-state index contributed by atoms with van der Waals surface area (Å²) in [5, 5.41) is 3.02. The Kier molecular flexibility index (Phi) is 6.42. The van der Waals surface area contributed by atoms with E-state index in [1.165, 1.54) is 5.56 Å². The van der Waals surface area contributed by atoms with Crippen molar-refractivity contribution in [2.24, 2.45) is 0 Å². The van der Waals surface area contributed by atoms with Crippen LogP contribution in [0, 0.1) is 0 Å². The van der Waals surface area contributed by atoms with Gasteiger partial charge in [-0.3, -0.25) is 9.20 Å². The number of rotatable bonds is 8. The molecule has 178 valence electrons. The first-order valence-electron chi connectivity index (χ1n) is 11.6. The number of aryl methyl sites for hydroxylation is 1. The quantitative estimate of drug-likeness (QED) is 0.303. The Balaban J connectivity index is 1.28. The Morgan fingerprint density at radius 2 is 1.74 bits per heavy atom. The largest absolute Gasteiger partial charge is 0.493 e. The number of thiazole rings is 1. The van der Waals surface area contributed by atoms with Crippen molar-refractivity contribution in [1.82, 2.24) is 14.7 Å². The standard InChI is InChI=1S/C28H27N3O3S/c1-4-18-5-8-20(9-6-18)22-17-31-23-11-10-21(16-26(23)35-28(31)30-22)27(32)29-14-13-19-7-12-24(33-2)25(15-19)34-3/h5-12,15-17H,4,13-14H2,1-3H3,(H,29,32). The summed E-state index contributed by atoms with van der Waals surface area (Å²) in [7, 11) is 3.23. The third-order valence-corrected chi connectivity index (χ3v) is 7.18. The van der Waals surface area contributed by atoms with Crippen LogP contribution in [0.2, 0.25) is 0 Å². The molecule has 2 heterocycles. The molecule has 7 heteroatoms. The Bertz CT molecular complexity index is 1500. The van der Waals surface area contributed by atoms with E-state index >= 15 is 0 Å². The molecule has 0 bridgehead atoms. The molecule has 0 aliphatic rings. The summed E-state index contributed by atoms with van der Waals surface area (Å²) in [4.78, 5) is 18.5. The average molecular weight is 486 g/mol. The molecule has 0 saturated carbocycles. The predicted octanol–water partition coefficient (Wildman–Crippen LogP) is 5.77. The van der Waals surface area contributed by atoms with Crippen molar-refractivity contribution in [3.05, 3.63) is 83.6 Å². The molecule has 35 heavy (non-hydrogen) atoms. The van der Waals surface area contributed by atoms with Crippen LogP contribution in [-0.2, 0) is 12.8 Å². The van der Waals surface area contributed by atoms with Gasteiger partial charge in [0.25, 0.3) is 5.91 Å². The molecular weight excluding hydrogens is 458 g/mol. The summed E-state index contributed by atoms with van der Waals surface area (Å²) in [5.74, 6) is 1.29. The van der Waals surface area contributed by atoms with Crippen molar-refractivity contribution in [2.45, 2.75) is 19.8 Å². The Morgan fingerprint density at radius 3 is 2.49 bits per heavy atom. The number of carbonyl (C=O) groups is 1. The van der Waals surface area contributed by atoms with Crippen molar-refractivity contribution in [1.29, 1.82) is 0 Å². The van der Waals surface area contributed by atoms with Gasteiger partial charge in [-0.1, -0.05) is 48.6 Å². The summed E-state index contributed by atoms with van der Waals surface area (Å²) in [6, 6.07) is 20.1. The second kappa shape index (κ2) is 9.80. The number of hydrogen-bond acceptors (Lipinski definition) is 5. The van der Waals surface area contributed by atoms with E-state index in [9.17, 15) is 4.79 Å². The zero-order valence-corrected chi connectivity index (χ0v) is 20.8. The van der Waals surface area contributed by atoms with E-state index in [4.69, 9.17) is 14.5 Å². The number of amides is 1. The molecule has 0 aliphatic heterocycles. The number of methoxy groups -OCH3 is 2. The van der Waals surface area contributed by atoms with Crippen LogP contribution in [-0.4, -0.2) is 36.1 Å². The third kappa shape index (κ3) is 4.59. The molecule has 0 radical (unpaired) electrons. The van der Waals surface area contributed by atoms with E-state index in [1.807, 2.05) is 36.4 Å². The van der Waals surface area contributed by atoms with Crippen LogP contribution in [0.4, 0.5) is 0 Å². The van der Waals surface area contributed by atoms with E-state index < -0.39 is 0 Å². The van der Waals surface area contributed by atoms with Gasteiger partial charge in [-0.2, -0.15) is 0 Å². The Morgan fingerprint density at radius 1 is 0.971 bits per heavy atom. The lowest BCUT2D eigenvalue weighted by Gasteiger charge is -2.10. The van der Waals surface area contributed by atoms with Crippen molar-refractivity contribution in [3.8, 4) is 22.8 Å². The van der Waals surface area contributed by atoms with Gasteiger partial charge in [0.05, 0.1) is 30.1 Å². The van der Waals surface area contributed by atoms with Crippen LogP contribution in [0.15, 0.2) is 66.9 Å². The molecule has 0 spiro atoms. The average Bonchev–Trinajstić information content (AvgIpc) is 3.46. The highest BCUT2D eigenvalue weighted by atomic mass is 32.1. The van der Waals surface area contributed by atoms with Gasteiger partial charge in [-0.25, -0.2) is 4.98 Å². The number of fused-ring (bicyclic) bond motifs is 3. The summed E-state index contributed by atoms with van der Waals surface area (Å²) in [6.07, 6.45) is 3.79. The van der Waals surface area contributed by atoms with Gasteiger partial charge < -0.3 is 14.8 Å². The summed E-state index contributed by atoms with van der Waals surface area (Å²) in [6.45, 7) is 2.68. The van der Waals surface area contributed by atoms with Gasteiger partial charge in [0.15, 0.2) is 16.5 Å². The van der Waals surface area contributed by atoms with Crippen LogP contribution < -0.4 is 14.8 Å². The maximum Gasteiger partial charge on any atom is 0.251 e. The zero-order valence-electron chi connectivity index (χ0n) is 20.0. The maximum atomic E-state index is 12.8. The molecule has 2 aromatic heterocycles. The number of carbonyl (C=O) groups excluding carboxylic acids is 1. The fraction of sp³-hybridized carbons (Fsp3) is 0.214. The SMILES string of the molecule is CCc1ccc(-c2cn3c(n2)sc2cc(C(=O)NCCc4ccc(OC)c(OC)c4)ccc23)cc1. The van der Waals surface area contributed by atoms with E-state index in [0.717, 1.165) is 38.4 Å². The molecule has 0 unspecified atom stereocenters. The van der Waals surface area contributed by atoms with E-state index in [0.29, 0.717) is 30.0 Å². The lowest BCUT2D eigenvalue weighted by molar-refractivity contribution is 0.0954. The molecule has 0 saturated heterocycles. The first-order chi connectivity index (χ1) is 17.1. The molecule has 0 fully saturated rings. The Labute approximate surface area is 208 Å². The van der Waals surface area contributed by atoms with Crippen LogP contribution in [0.3, 0.4) is 0 Å². The minimum Gasteiger partial charge on any atom is -0.493 e. The highest BCUT2D eigenvalue weighted by Crippen LogP contribution is 2.30. The maximum absolute atomic E-state index is 12.8. The van der Waals surface area contributed by atoms with Crippen molar-refractivity contribution in [2.75, 3.05) is 20.8 Å². The number of imidazole rings is 1. The highest BCUT2D eigenvalue weighted by Gasteiger charge is 2.13. The molecule has 0 atom stereocenters. The first-order valence-corrected chi connectivity index (χ1v) is 12.4. The van der Waals surface area contributed by atoms with E-state index in [-0.39, 0.29) is 5.91 Å². The van der Waals surface area contributed by atoms with E-state index in [1.54, 1.807) is 25.6 Å². The number of nitrogens with one attached hydrogen (secondary N) is 1. The number of ether oxygens (including phenoxy) is 2. The molecule has 0 aliphatic carbocycles. The number of benzene rings is 3. The lowest BCUT2D eigenvalue weighted by atomic mass is 10.1. The molecule has 1 amide bonds. The Hall–Kier alpha value is -3.84. The van der Waals surface area contributed by atoms with Crippen molar-refractivity contribution >= 4 is 32.4 Å².